The minimum atomic E-state index is -0.309. The van der Waals surface area contributed by atoms with Crippen LogP contribution in [0.1, 0.15) is 39.5 Å². The molecule has 2 fully saturated rings. The maximum absolute atomic E-state index is 11.9. The zero-order chi connectivity index (χ0) is 14.7. The Kier molecular flexibility index (Phi) is 5.16. The SMILES string of the molecule is CCCN1CCC(C(C)NC2CC(=O)N(C)C2=O)CC1. The van der Waals surface area contributed by atoms with Crippen LogP contribution >= 0.6 is 0 Å². The van der Waals surface area contributed by atoms with Crippen LogP contribution in [-0.4, -0.2) is 60.4 Å². The van der Waals surface area contributed by atoms with Crippen molar-refractivity contribution in [1.29, 1.82) is 0 Å². The van der Waals surface area contributed by atoms with E-state index in [2.05, 4.69) is 24.1 Å². The molecule has 0 aromatic rings. The standard InChI is InChI=1S/C15H27N3O2/c1-4-7-18-8-5-12(6-9-18)11(2)16-13-10-14(19)17(3)15(13)20/h11-13,16H,4-10H2,1-3H3. The van der Waals surface area contributed by atoms with Crippen molar-refractivity contribution in [1.82, 2.24) is 15.1 Å². The smallest absolute Gasteiger partial charge is 0.246 e. The molecule has 2 amide bonds. The largest absolute Gasteiger partial charge is 0.303 e. The molecule has 0 bridgehead atoms. The number of piperidine rings is 1. The summed E-state index contributed by atoms with van der Waals surface area (Å²) in [5.41, 5.74) is 0. The van der Waals surface area contributed by atoms with Gasteiger partial charge in [0.1, 0.15) is 0 Å². The van der Waals surface area contributed by atoms with Crippen molar-refractivity contribution < 1.29 is 9.59 Å². The molecular formula is C15H27N3O2. The van der Waals surface area contributed by atoms with Crippen LogP contribution in [0, 0.1) is 5.92 Å². The maximum Gasteiger partial charge on any atom is 0.246 e. The summed E-state index contributed by atoms with van der Waals surface area (Å²) < 4.78 is 0. The average Bonchev–Trinajstić information content (AvgIpc) is 2.67. The van der Waals surface area contributed by atoms with E-state index in [4.69, 9.17) is 0 Å². The molecule has 2 rings (SSSR count). The highest BCUT2D eigenvalue weighted by Crippen LogP contribution is 2.22. The molecule has 2 aliphatic rings. The van der Waals surface area contributed by atoms with Crippen LogP contribution in [0.2, 0.25) is 0 Å². The molecule has 0 saturated carbocycles. The van der Waals surface area contributed by atoms with Crippen molar-refractivity contribution >= 4 is 11.8 Å². The van der Waals surface area contributed by atoms with Crippen LogP contribution in [0.4, 0.5) is 0 Å². The molecule has 5 nitrogen and oxygen atoms in total. The summed E-state index contributed by atoms with van der Waals surface area (Å²) in [6.45, 7) is 7.87. The predicted molar refractivity (Wildman–Crippen MR) is 78.2 cm³/mol. The van der Waals surface area contributed by atoms with Gasteiger partial charge in [-0.2, -0.15) is 0 Å². The number of hydrogen-bond acceptors (Lipinski definition) is 4. The van der Waals surface area contributed by atoms with Gasteiger partial charge in [0.15, 0.2) is 0 Å². The minimum Gasteiger partial charge on any atom is -0.303 e. The second-order valence-electron chi connectivity index (χ2n) is 6.18. The predicted octanol–water partition coefficient (Wildman–Crippen LogP) is 0.844. The summed E-state index contributed by atoms with van der Waals surface area (Å²) in [4.78, 5) is 27.2. The van der Waals surface area contributed by atoms with Crippen LogP contribution in [0.3, 0.4) is 0 Å². The van der Waals surface area contributed by atoms with E-state index < -0.39 is 0 Å². The van der Waals surface area contributed by atoms with E-state index in [9.17, 15) is 9.59 Å². The van der Waals surface area contributed by atoms with Gasteiger partial charge >= 0.3 is 0 Å². The second-order valence-corrected chi connectivity index (χ2v) is 6.18. The van der Waals surface area contributed by atoms with Gasteiger partial charge in [-0.1, -0.05) is 6.92 Å². The first-order valence-corrected chi connectivity index (χ1v) is 7.81. The molecule has 0 aliphatic carbocycles. The lowest BCUT2D eigenvalue weighted by Gasteiger charge is -2.35. The Bertz CT molecular complexity index is 364. The first-order chi connectivity index (χ1) is 9.52. The Hall–Kier alpha value is -0.940. The first kappa shape index (κ1) is 15.4. The Labute approximate surface area is 121 Å². The molecule has 0 aromatic heterocycles. The fraction of sp³-hybridized carbons (Fsp3) is 0.867. The zero-order valence-electron chi connectivity index (χ0n) is 12.9. The Balaban J connectivity index is 1.80. The van der Waals surface area contributed by atoms with Crippen molar-refractivity contribution in [2.45, 2.75) is 51.6 Å². The topological polar surface area (TPSA) is 52.7 Å². The third kappa shape index (κ3) is 3.38. The van der Waals surface area contributed by atoms with Gasteiger partial charge in [-0.25, -0.2) is 0 Å². The number of imide groups is 1. The van der Waals surface area contributed by atoms with Crippen LogP contribution in [-0.2, 0) is 9.59 Å². The van der Waals surface area contributed by atoms with E-state index in [1.807, 2.05) is 0 Å². The van der Waals surface area contributed by atoms with E-state index >= 15 is 0 Å². The summed E-state index contributed by atoms with van der Waals surface area (Å²) in [7, 11) is 1.57. The van der Waals surface area contributed by atoms with Gasteiger partial charge in [0, 0.05) is 13.1 Å². The summed E-state index contributed by atoms with van der Waals surface area (Å²) in [5, 5.41) is 3.38. The molecule has 2 saturated heterocycles. The number of nitrogens with one attached hydrogen (secondary N) is 1. The molecule has 2 unspecified atom stereocenters. The first-order valence-electron chi connectivity index (χ1n) is 7.81. The van der Waals surface area contributed by atoms with Gasteiger partial charge < -0.3 is 10.2 Å². The number of carbonyl (C=O) groups excluding carboxylic acids is 2. The summed E-state index contributed by atoms with van der Waals surface area (Å²) in [5.74, 6) is 0.458. The minimum absolute atomic E-state index is 0.0718. The number of nitrogens with zero attached hydrogens (tertiary/aromatic N) is 2. The number of amides is 2. The highest BCUT2D eigenvalue weighted by molar-refractivity contribution is 6.05. The summed E-state index contributed by atoms with van der Waals surface area (Å²) in [6, 6.07) is -0.0109. The Morgan fingerprint density at radius 1 is 1.30 bits per heavy atom. The molecule has 1 N–H and O–H groups in total. The van der Waals surface area contributed by atoms with E-state index in [1.165, 1.54) is 30.7 Å². The van der Waals surface area contributed by atoms with Crippen LogP contribution in [0.25, 0.3) is 0 Å². The van der Waals surface area contributed by atoms with Crippen molar-refractivity contribution in [3.63, 3.8) is 0 Å². The number of hydrogen-bond donors (Lipinski definition) is 1. The average molecular weight is 281 g/mol. The van der Waals surface area contributed by atoms with Crippen LogP contribution in [0.15, 0.2) is 0 Å². The fourth-order valence-corrected chi connectivity index (χ4v) is 3.33. The number of likely N-dealkylation sites (N-methyl/N-ethyl adjacent to an activating group) is 1. The van der Waals surface area contributed by atoms with Crippen molar-refractivity contribution in [3.8, 4) is 0 Å². The van der Waals surface area contributed by atoms with E-state index in [-0.39, 0.29) is 17.9 Å². The van der Waals surface area contributed by atoms with Gasteiger partial charge in [-0.15, -0.1) is 0 Å². The van der Waals surface area contributed by atoms with E-state index in [0.717, 1.165) is 13.1 Å². The highest BCUT2D eigenvalue weighted by Gasteiger charge is 2.37. The molecule has 0 radical (unpaired) electrons. The fourth-order valence-electron chi connectivity index (χ4n) is 3.33. The number of carbonyl (C=O) groups is 2. The quantitative estimate of drug-likeness (QED) is 0.759. The van der Waals surface area contributed by atoms with Crippen LogP contribution < -0.4 is 5.32 Å². The lowest BCUT2D eigenvalue weighted by atomic mass is 9.89. The Morgan fingerprint density at radius 2 is 1.95 bits per heavy atom. The van der Waals surface area contributed by atoms with Crippen molar-refractivity contribution in [3.05, 3.63) is 0 Å². The highest BCUT2D eigenvalue weighted by atomic mass is 16.2. The van der Waals surface area contributed by atoms with E-state index in [0.29, 0.717) is 18.4 Å². The lowest BCUT2D eigenvalue weighted by Crippen LogP contribution is -2.47. The molecule has 0 aromatic carbocycles. The lowest BCUT2D eigenvalue weighted by molar-refractivity contribution is -0.137. The van der Waals surface area contributed by atoms with Crippen molar-refractivity contribution in [2.24, 2.45) is 5.92 Å². The van der Waals surface area contributed by atoms with Gasteiger partial charge in [0.2, 0.25) is 11.8 Å². The molecule has 2 heterocycles. The summed E-state index contributed by atoms with van der Waals surface area (Å²) >= 11 is 0. The normalized spacial score (nSPS) is 27.4. The van der Waals surface area contributed by atoms with Gasteiger partial charge in [0.05, 0.1) is 12.5 Å². The monoisotopic (exact) mass is 281 g/mol. The third-order valence-corrected chi connectivity index (χ3v) is 4.72. The molecule has 2 aliphatic heterocycles. The summed E-state index contributed by atoms with van der Waals surface area (Å²) in [6.07, 6.45) is 3.88. The Morgan fingerprint density at radius 3 is 2.45 bits per heavy atom. The molecule has 0 spiro atoms. The molecule has 5 heteroatoms. The van der Waals surface area contributed by atoms with Gasteiger partial charge in [-0.3, -0.25) is 14.5 Å². The third-order valence-electron chi connectivity index (χ3n) is 4.72. The molecule has 2 atom stereocenters. The maximum atomic E-state index is 11.9. The van der Waals surface area contributed by atoms with Gasteiger partial charge in [-0.05, 0) is 51.7 Å². The number of likely N-dealkylation sites (tertiary alicyclic amines) is 2. The molecule has 114 valence electrons. The van der Waals surface area contributed by atoms with Gasteiger partial charge in [0.25, 0.3) is 0 Å². The van der Waals surface area contributed by atoms with E-state index in [1.54, 1.807) is 7.05 Å². The van der Waals surface area contributed by atoms with Crippen LogP contribution in [0.5, 0.6) is 0 Å². The zero-order valence-corrected chi connectivity index (χ0v) is 12.9. The molecular weight excluding hydrogens is 254 g/mol. The molecule has 20 heavy (non-hydrogen) atoms. The number of rotatable bonds is 5. The van der Waals surface area contributed by atoms with Crippen molar-refractivity contribution in [2.75, 3.05) is 26.7 Å². The second kappa shape index (κ2) is 6.68.